The van der Waals surface area contributed by atoms with Crippen LogP contribution in [-0.2, 0) is 17.6 Å². The number of aryl methyl sites for hydroxylation is 2. The fourth-order valence-electron chi connectivity index (χ4n) is 3.09. The fraction of sp³-hybridized carbons (Fsp3) is 0.278. The summed E-state index contributed by atoms with van der Waals surface area (Å²) in [5.74, 6) is 1.61. The molecular weight excluding hydrogens is 501 g/mol. The van der Waals surface area contributed by atoms with Gasteiger partial charge in [0.05, 0.1) is 0 Å². The molecule has 0 N–H and O–H groups in total. The van der Waals surface area contributed by atoms with Crippen molar-refractivity contribution in [1.29, 1.82) is 0 Å². The summed E-state index contributed by atoms with van der Waals surface area (Å²) in [7, 11) is 4.63. The summed E-state index contributed by atoms with van der Waals surface area (Å²) in [6.07, 6.45) is 1.80. The van der Waals surface area contributed by atoms with Gasteiger partial charge in [-0.05, 0) is 0 Å². The second-order valence-electron chi connectivity index (χ2n) is 5.48. The van der Waals surface area contributed by atoms with Gasteiger partial charge in [0.25, 0.3) is 0 Å². The van der Waals surface area contributed by atoms with Gasteiger partial charge in [-0.15, -0.1) is 0 Å². The van der Waals surface area contributed by atoms with E-state index in [0.29, 0.717) is 49.0 Å². The van der Waals surface area contributed by atoms with Crippen LogP contribution in [0.1, 0.15) is 21.5 Å². The molecule has 0 saturated carbocycles. The van der Waals surface area contributed by atoms with Crippen LogP contribution in [0.2, 0.25) is 0 Å². The molecular formula is C18H17O5Tl. The standard InChI is InChI=1S/C18H18O5.Tl/c1-21-16-7-11-5-4-10-6-15(19)14(18(20)23-3)8-12(10)13(11)9-17(16)22-2;/h6-9,19H,4-5H2,1-3H3;/q;+1/p-1. The number of hydrogen-bond donors (Lipinski definition) is 0. The van der Waals surface area contributed by atoms with Crippen molar-refractivity contribution in [3.8, 4) is 28.4 Å². The fourth-order valence-corrected chi connectivity index (χ4v) is 3.85. The Bertz CT molecular complexity index is 800. The van der Waals surface area contributed by atoms with Crippen molar-refractivity contribution in [3.05, 3.63) is 41.0 Å². The number of hydrogen-bond acceptors (Lipinski definition) is 5. The summed E-state index contributed by atoms with van der Waals surface area (Å²) in [6.45, 7) is 0. The molecule has 24 heavy (non-hydrogen) atoms. The van der Waals surface area contributed by atoms with Gasteiger partial charge in [0.15, 0.2) is 0 Å². The number of ether oxygens (including phenoxy) is 3. The Kier molecular flexibility index (Phi) is 4.98. The molecule has 6 heteroatoms. The Balaban J connectivity index is 2.22. The number of esters is 1. The number of carbonyl (C=O) groups excluding carboxylic acids is 1. The van der Waals surface area contributed by atoms with Gasteiger partial charge in [0.2, 0.25) is 0 Å². The van der Waals surface area contributed by atoms with E-state index in [2.05, 4.69) is 0 Å². The first kappa shape index (κ1) is 17.1. The van der Waals surface area contributed by atoms with Gasteiger partial charge in [-0.2, -0.15) is 0 Å². The third kappa shape index (κ3) is 2.85. The molecule has 0 heterocycles. The first-order chi connectivity index (χ1) is 11.6. The molecule has 0 amide bonds. The average Bonchev–Trinajstić information content (AvgIpc) is 2.64. The van der Waals surface area contributed by atoms with E-state index in [9.17, 15) is 4.79 Å². The zero-order chi connectivity index (χ0) is 17.3. The summed E-state index contributed by atoms with van der Waals surface area (Å²) < 4.78 is 21.2. The quantitative estimate of drug-likeness (QED) is 0.461. The van der Waals surface area contributed by atoms with Crippen LogP contribution in [0.15, 0.2) is 24.3 Å². The maximum absolute atomic E-state index is 12.1. The number of methoxy groups -OCH3 is 3. The van der Waals surface area contributed by atoms with Gasteiger partial charge < -0.3 is 0 Å². The number of rotatable bonds is 4. The van der Waals surface area contributed by atoms with Crippen molar-refractivity contribution in [2.75, 3.05) is 21.3 Å². The van der Waals surface area contributed by atoms with E-state index in [1.807, 2.05) is 24.3 Å². The van der Waals surface area contributed by atoms with Crippen LogP contribution in [0.4, 0.5) is 0 Å². The molecule has 2 aromatic rings. The van der Waals surface area contributed by atoms with Crippen molar-refractivity contribution in [1.82, 2.24) is 0 Å². The molecule has 122 valence electrons. The molecule has 1 aliphatic rings. The molecule has 0 atom stereocenters. The van der Waals surface area contributed by atoms with Crippen LogP contribution in [0.5, 0.6) is 17.2 Å². The van der Waals surface area contributed by atoms with E-state index in [1.165, 1.54) is 12.7 Å². The van der Waals surface area contributed by atoms with E-state index in [0.717, 1.165) is 29.5 Å². The topological polar surface area (TPSA) is 54.0 Å². The number of benzene rings is 2. The van der Waals surface area contributed by atoms with Gasteiger partial charge in [-0.3, -0.25) is 0 Å². The van der Waals surface area contributed by atoms with Crippen molar-refractivity contribution in [2.24, 2.45) is 0 Å². The zero-order valence-corrected chi connectivity index (χ0v) is 18.3. The summed E-state index contributed by atoms with van der Waals surface area (Å²) in [5, 5.41) is 0. The molecule has 0 unspecified atom stereocenters. The first-order valence-corrected chi connectivity index (χ1v) is 9.33. The minimum atomic E-state index is -0.388. The number of fused-ring (bicyclic) bond motifs is 3. The molecule has 0 bridgehead atoms. The first-order valence-electron chi connectivity index (χ1n) is 7.50. The molecule has 3 rings (SSSR count). The van der Waals surface area contributed by atoms with Gasteiger partial charge >= 0.3 is 157 Å². The molecule has 0 spiro atoms. The average molecular weight is 518 g/mol. The van der Waals surface area contributed by atoms with Gasteiger partial charge in [-0.25, -0.2) is 0 Å². The predicted molar refractivity (Wildman–Crippen MR) is 90.1 cm³/mol. The Morgan fingerprint density at radius 2 is 1.42 bits per heavy atom. The zero-order valence-electron chi connectivity index (χ0n) is 13.8. The van der Waals surface area contributed by atoms with Crippen LogP contribution < -0.4 is 12.2 Å². The van der Waals surface area contributed by atoms with Gasteiger partial charge in [0, 0.05) is 0 Å². The summed E-state index contributed by atoms with van der Waals surface area (Å²) in [5.41, 5.74) is 4.88. The Morgan fingerprint density at radius 1 is 0.875 bits per heavy atom. The molecule has 0 saturated heterocycles. The van der Waals surface area contributed by atoms with E-state index in [-0.39, 0.29) is 5.97 Å². The SMILES string of the molecule is COC(=O)c1cc2c(cc1[O][Tl])CCc1cc(OC)c(OC)cc1-2. The van der Waals surface area contributed by atoms with Crippen LogP contribution in [0.3, 0.4) is 0 Å². The third-order valence-electron chi connectivity index (χ3n) is 4.30. The minimum absolute atomic E-state index is 0.302. The van der Waals surface area contributed by atoms with E-state index < -0.39 is 0 Å². The second-order valence-corrected chi connectivity index (χ2v) is 6.40. The Morgan fingerprint density at radius 3 is 1.96 bits per heavy atom. The Labute approximate surface area is 157 Å². The molecule has 0 radical (unpaired) electrons. The Hall–Kier alpha value is -1.77. The van der Waals surface area contributed by atoms with Crippen molar-refractivity contribution < 1.29 is 21.7 Å². The second kappa shape index (κ2) is 7.00. The van der Waals surface area contributed by atoms with Crippen molar-refractivity contribution in [3.63, 3.8) is 0 Å². The summed E-state index contributed by atoms with van der Waals surface area (Å²) in [6, 6.07) is 7.80. The van der Waals surface area contributed by atoms with Crippen molar-refractivity contribution in [2.45, 2.75) is 12.8 Å². The van der Waals surface area contributed by atoms with Crippen LogP contribution >= 0.6 is 0 Å². The number of carbonyl (C=O) groups is 1. The maximum atomic E-state index is 12.1. The van der Waals surface area contributed by atoms with E-state index in [1.54, 1.807) is 14.2 Å². The van der Waals surface area contributed by atoms with Crippen molar-refractivity contribution >= 4 is 32.2 Å². The monoisotopic (exact) mass is 518 g/mol. The summed E-state index contributed by atoms with van der Waals surface area (Å²) >= 11 is 0.302. The van der Waals surface area contributed by atoms with Crippen LogP contribution in [0.25, 0.3) is 11.1 Å². The van der Waals surface area contributed by atoms with Crippen LogP contribution in [-0.4, -0.2) is 53.5 Å². The normalized spacial score (nSPS) is 11.9. The molecule has 2 aromatic carbocycles. The molecule has 5 nitrogen and oxygen atoms in total. The predicted octanol–water partition coefficient (Wildman–Crippen LogP) is 2.72. The molecule has 0 aliphatic heterocycles. The van der Waals surface area contributed by atoms with Crippen LogP contribution in [0, 0.1) is 0 Å². The van der Waals surface area contributed by atoms with E-state index in [4.69, 9.17) is 16.9 Å². The molecule has 0 fully saturated rings. The molecule has 1 aliphatic carbocycles. The molecule has 0 aromatic heterocycles. The van der Waals surface area contributed by atoms with Gasteiger partial charge in [-0.1, -0.05) is 0 Å². The van der Waals surface area contributed by atoms with Gasteiger partial charge in [0.1, 0.15) is 0 Å². The third-order valence-corrected chi connectivity index (χ3v) is 5.29. The summed E-state index contributed by atoms with van der Waals surface area (Å²) in [4.78, 5) is 12.1. The van der Waals surface area contributed by atoms with E-state index >= 15 is 0 Å².